The highest BCUT2D eigenvalue weighted by Crippen LogP contribution is 2.18. The molecule has 0 heterocycles. The number of rotatable bonds is 6. The highest BCUT2D eigenvalue weighted by Gasteiger charge is 2.20. The second-order valence-electron chi connectivity index (χ2n) is 5.55. The molecule has 116 valence electrons. The fourth-order valence-electron chi connectivity index (χ4n) is 2.14. The van der Waals surface area contributed by atoms with Gasteiger partial charge >= 0.3 is 0 Å². The van der Waals surface area contributed by atoms with Gasteiger partial charge in [-0.15, -0.1) is 0 Å². The molecule has 1 aromatic rings. The summed E-state index contributed by atoms with van der Waals surface area (Å²) in [5.41, 5.74) is 1.44. The van der Waals surface area contributed by atoms with Crippen LogP contribution in [0.1, 0.15) is 31.1 Å². The molecule has 1 atom stereocenters. The number of nitrogens with one attached hydrogen (secondary N) is 2. The minimum Gasteiger partial charge on any atom is -0.382 e. The molecule has 0 saturated carbocycles. The van der Waals surface area contributed by atoms with Gasteiger partial charge in [0.1, 0.15) is 0 Å². The molecule has 0 spiro atoms. The number of nitrogens with zero attached hydrogens (tertiary/aromatic N) is 1. The van der Waals surface area contributed by atoms with E-state index in [-0.39, 0.29) is 23.8 Å². The zero-order valence-electron chi connectivity index (χ0n) is 13.4. The Morgan fingerprint density at radius 3 is 2.38 bits per heavy atom. The molecule has 0 radical (unpaired) electrons. The molecule has 0 bridgehead atoms. The maximum Gasteiger partial charge on any atom is 0.255 e. The van der Waals surface area contributed by atoms with Crippen LogP contribution in [0.4, 0.5) is 5.69 Å². The molecule has 21 heavy (non-hydrogen) atoms. The predicted molar refractivity (Wildman–Crippen MR) is 85.4 cm³/mol. The van der Waals surface area contributed by atoms with Gasteiger partial charge in [0.2, 0.25) is 5.91 Å². The summed E-state index contributed by atoms with van der Waals surface area (Å²) >= 11 is 0. The fraction of sp³-hybridized carbons (Fsp3) is 0.500. The Morgan fingerprint density at radius 1 is 1.19 bits per heavy atom. The Bertz CT molecular complexity index is 500. The molecule has 0 aliphatic heterocycles. The van der Waals surface area contributed by atoms with Crippen LogP contribution < -0.4 is 10.6 Å². The van der Waals surface area contributed by atoms with E-state index in [4.69, 9.17) is 0 Å². The number of amides is 2. The Labute approximate surface area is 126 Å². The standard InChI is InChI=1S/C16H25N3O2/c1-11(2)18-14-9-7-6-8-13(14)16(21)19(5)10-12(3)15(20)17-4/h6-9,11-12,18H,10H2,1-5H3,(H,17,20). The SMILES string of the molecule is CNC(=O)C(C)CN(C)C(=O)c1ccccc1NC(C)C. The summed E-state index contributed by atoms with van der Waals surface area (Å²) < 4.78 is 0. The van der Waals surface area contributed by atoms with Crippen LogP contribution in [0.25, 0.3) is 0 Å². The predicted octanol–water partition coefficient (Wildman–Crippen LogP) is 1.96. The van der Waals surface area contributed by atoms with Crippen molar-refractivity contribution in [3.63, 3.8) is 0 Å². The summed E-state index contributed by atoms with van der Waals surface area (Å²) in [7, 11) is 3.32. The largest absolute Gasteiger partial charge is 0.382 e. The molecule has 1 aromatic carbocycles. The van der Waals surface area contributed by atoms with Gasteiger partial charge in [0, 0.05) is 32.4 Å². The van der Waals surface area contributed by atoms with Crippen LogP contribution in [0.15, 0.2) is 24.3 Å². The normalized spacial score (nSPS) is 11.9. The maximum absolute atomic E-state index is 12.5. The smallest absolute Gasteiger partial charge is 0.255 e. The van der Waals surface area contributed by atoms with Gasteiger partial charge < -0.3 is 15.5 Å². The van der Waals surface area contributed by atoms with Crippen LogP contribution in [0.2, 0.25) is 0 Å². The third kappa shape index (κ3) is 4.77. The van der Waals surface area contributed by atoms with Crippen LogP contribution in [-0.2, 0) is 4.79 Å². The Morgan fingerprint density at radius 2 is 1.81 bits per heavy atom. The fourth-order valence-corrected chi connectivity index (χ4v) is 2.14. The van der Waals surface area contributed by atoms with Gasteiger partial charge in [0.05, 0.1) is 11.5 Å². The van der Waals surface area contributed by atoms with Crippen molar-refractivity contribution >= 4 is 17.5 Å². The topological polar surface area (TPSA) is 61.4 Å². The molecule has 5 heteroatoms. The molecule has 5 nitrogen and oxygen atoms in total. The van der Waals surface area contributed by atoms with Gasteiger partial charge in [-0.05, 0) is 26.0 Å². The Hall–Kier alpha value is -2.04. The first-order valence-corrected chi connectivity index (χ1v) is 7.19. The highest BCUT2D eigenvalue weighted by molar-refractivity contribution is 5.99. The molecule has 0 saturated heterocycles. The molecule has 0 aliphatic carbocycles. The maximum atomic E-state index is 12.5. The average Bonchev–Trinajstić information content (AvgIpc) is 2.45. The van der Waals surface area contributed by atoms with Crippen LogP contribution >= 0.6 is 0 Å². The summed E-state index contributed by atoms with van der Waals surface area (Å²) in [6, 6.07) is 7.68. The minimum absolute atomic E-state index is 0.0664. The monoisotopic (exact) mass is 291 g/mol. The quantitative estimate of drug-likeness (QED) is 0.842. The van der Waals surface area contributed by atoms with Crippen LogP contribution in [-0.4, -0.2) is 43.4 Å². The van der Waals surface area contributed by atoms with Crippen molar-refractivity contribution in [2.75, 3.05) is 26.0 Å². The molecule has 0 aliphatic rings. The van der Waals surface area contributed by atoms with Gasteiger partial charge in [0.25, 0.3) is 5.91 Å². The number of benzene rings is 1. The summed E-state index contributed by atoms with van der Waals surface area (Å²) in [6.45, 7) is 6.24. The van der Waals surface area contributed by atoms with Gasteiger partial charge in [-0.25, -0.2) is 0 Å². The molecule has 1 unspecified atom stereocenters. The van der Waals surface area contributed by atoms with E-state index in [0.717, 1.165) is 5.69 Å². The molecule has 0 aromatic heterocycles. The van der Waals surface area contributed by atoms with Gasteiger partial charge in [0.15, 0.2) is 0 Å². The van der Waals surface area contributed by atoms with Crippen molar-refractivity contribution in [3.8, 4) is 0 Å². The lowest BCUT2D eigenvalue weighted by atomic mass is 10.1. The summed E-state index contributed by atoms with van der Waals surface area (Å²) in [5, 5.41) is 5.87. The lowest BCUT2D eigenvalue weighted by Crippen LogP contribution is -2.37. The van der Waals surface area contributed by atoms with E-state index in [2.05, 4.69) is 10.6 Å². The first-order valence-electron chi connectivity index (χ1n) is 7.19. The number of hydrogen-bond donors (Lipinski definition) is 2. The number of carbonyl (C=O) groups excluding carboxylic acids is 2. The zero-order chi connectivity index (χ0) is 16.0. The van der Waals surface area contributed by atoms with Crippen molar-refractivity contribution in [1.29, 1.82) is 0 Å². The van der Waals surface area contributed by atoms with E-state index in [9.17, 15) is 9.59 Å². The summed E-state index contributed by atoms with van der Waals surface area (Å²) in [5.74, 6) is -0.396. The van der Waals surface area contributed by atoms with Gasteiger partial charge in [-0.2, -0.15) is 0 Å². The Balaban J connectivity index is 2.85. The number of carbonyl (C=O) groups is 2. The second kappa shape index (κ2) is 7.67. The first-order chi connectivity index (χ1) is 9.86. The van der Waals surface area contributed by atoms with Crippen LogP contribution in [0.5, 0.6) is 0 Å². The lowest BCUT2D eigenvalue weighted by Gasteiger charge is -2.23. The Kier molecular flexibility index (Phi) is 6.21. The molecular weight excluding hydrogens is 266 g/mol. The molecule has 2 N–H and O–H groups in total. The molecule has 2 amide bonds. The van der Waals surface area contributed by atoms with Crippen molar-refractivity contribution < 1.29 is 9.59 Å². The number of anilines is 1. The summed E-state index contributed by atoms with van der Waals surface area (Å²) in [4.78, 5) is 25.7. The van der Waals surface area contributed by atoms with Crippen molar-refractivity contribution in [1.82, 2.24) is 10.2 Å². The number of para-hydroxylation sites is 1. The van der Waals surface area contributed by atoms with Crippen LogP contribution in [0.3, 0.4) is 0 Å². The van der Waals surface area contributed by atoms with E-state index in [0.29, 0.717) is 12.1 Å². The van der Waals surface area contributed by atoms with Crippen molar-refractivity contribution in [2.45, 2.75) is 26.8 Å². The second-order valence-corrected chi connectivity index (χ2v) is 5.55. The third-order valence-electron chi connectivity index (χ3n) is 3.19. The van der Waals surface area contributed by atoms with Crippen LogP contribution in [0, 0.1) is 5.92 Å². The highest BCUT2D eigenvalue weighted by atomic mass is 16.2. The first kappa shape index (κ1) is 17.0. The van der Waals surface area contributed by atoms with Crippen molar-refractivity contribution in [2.24, 2.45) is 5.92 Å². The third-order valence-corrected chi connectivity index (χ3v) is 3.19. The zero-order valence-corrected chi connectivity index (χ0v) is 13.4. The van der Waals surface area contributed by atoms with E-state index in [1.165, 1.54) is 0 Å². The average molecular weight is 291 g/mol. The molecule has 1 rings (SSSR count). The van der Waals surface area contributed by atoms with E-state index >= 15 is 0 Å². The lowest BCUT2D eigenvalue weighted by molar-refractivity contribution is -0.124. The van der Waals surface area contributed by atoms with Gasteiger partial charge in [-0.1, -0.05) is 19.1 Å². The van der Waals surface area contributed by atoms with Crippen molar-refractivity contribution in [3.05, 3.63) is 29.8 Å². The minimum atomic E-state index is -0.242. The summed E-state index contributed by atoms with van der Waals surface area (Å²) in [6.07, 6.45) is 0. The van der Waals surface area contributed by atoms with Gasteiger partial charge in [-0.3, -0.25) is 9.59 Å². The van der Waals surface area contributed by atoms with E-state index in [1.807, 2.05) is 32.0 Å². The molecule has 0 fully saturated rings. The van der Waals surface area contributed by atoms with E-state index < -0.39 is 0 Å². The molecular formula is C16H25N3O2. The van der Waals surface area contributed by atoms with E-state index in [1.54, 1.807) is 32.0 Å². The number of hydrogen-bond acceptors (Lipinski definition) is 3.